The van der Waals surface area contributed by atoms with Crippen LogP contribution in [0, 0.1) is 5.82 Å². The van der Waals surface area contributed by atoms with Crippen LogP contribution < -0.4 is 5.32 Å². The van der Waals surface area contributed by atoms with Gasteiger partial charge in [0.15, 0.2) is 0 Å². The van der Waals surface area contributed by atoms with Crippen LogP contribution in [0.4, 0.5) is 17.6 Å². The number of alkyl halides is 3. The lowest BCUT2D eigenvalue weighted by atomic mass is 9.97. The molecule has 0 spiro atoms. The molecule has 1 nitrogen and oxygen atoms in total. The van der Waals surface area contributed by atoms with Gasteiger partial charge in [0, 0.05) is 17.3 Å². The van der Waals surface area contributed by atoms with Gasteiger partial charge in [0.25, 0.3) is 0 Å². The third kappa shape index (κ3) is 3.37. The number of thiophene rings is 1. The molecule has 0 aliphatic carbocycles. The van der Waals surface area contributed by atoms with Crippen LogP contribution in [0.1, 0.15) is 22.0 Å². The van der Waals surface area contributed by atoms with Crippen molar-refractivity contribution in [3.63, 3.8) is 0 Å². The van der Waals surface area contributed by atoms with Crippen LogP contribution in [0.15, 0.2) is 35.7 Å². The lowest BCUT2D eigenvalue weighted by Gasteiger charge is -2.21. The highest BCUT2D eigenvalue weighted by molar-refractivity contribution is 7.09. The maximum absolute atomic E-state index is 13.3. The van der Waals surface area contributed by atoms with Gasteiger partial charge >= 0.3 is 6.18 Å². The molecule has 1 unspecified atom stereocenters. The fraction of sp³-hybridized carbons (Fsp3) is 0.286. The molecule has 0 aliphatic rings. The number of hydrogen-bond acceptors (Lipinski definition) is 2. The Morgan fingerprint density at radius 2 is 2.00 bits per heavy atom. The van der Waals surface area contributed by atoms with Crippen molar-refractivity contribution < 1.29 is 17.6 Å². The number of nitrogens with one attached hydrogen (secondary N) is 1. The van der Waals surface area contributed by atoms with Crippen LogP contribution in [-0.4, -0.2) is 7.05 Å². The van der Waals surface area contributed by atoms with Crippen molar-refractivity contribution in [2.75, 3.05) is 7.05 Å². The van der Waals surface area contributed by atoms with Gasteiger partial charge in [-0.3, -0.25) is 0 Å². The first-order chi connectivity index (χ1) is 9.41. The first kappa shape index (κ1) is 15.0. The first-order valence-corrected chi connectivity index (χ1v) is 6.86. The van der Waals surface area contributed by atoms with Gasteiger partial charge in [-0.1, -0.05) is 6.07 Å². The predicted molar refractivity (Wildman–Crippen MR) is 71.2 cm³/mol. The molecule has 0 bridgehead atoms. The molecule has 1 aromatic carbocycles. The molecular formula is C14H13F4NS. The zero-order valence-corrected chi connectivity index (χ0v) is 11.5. The van der Waals surface area contributed by atoms with Gasteiger partial charge in [0.1, 0.15) is 5.82 Å². The van der Waals surface area contributed by atoms with Crippen molar-refractivity contribution >= 4 is 11.3 Å². The molecule has 2 aromatic rings. The van der Waals surface area contributed by atoms with Crippen LogP contribution in [0.3, 0.4) is 0 Å². The summed E-state index contributed by atoms with van der Waals surface area (Å²) in [6.45, 7) is 0. The second kappa shape index (κ2) is 5.93. The SMILES string of the molecule is CNC(Cc1cccs1)c1cc(F)ccc1C(F)(F)F. The number of halogens is 4. The first-order valence-electron chi connectivity index (χ1n) is 5.98. The molecule has 0 amide bonds. The molecular weight excluding hydrogens is 290 g/mol. The molecule has 2 rings (SSSR count). The molecule has 0 saturated heterocycles. The van der Waals surface area contributed by atoms with Crippen LogP contribution in [0.5, 0.6) is 0 Å². The molecule has 6 heteroatoms. The van der Waals surface area contributed by atoms with Crippen molar-refractivity contribution in [3.05, 3.63) is 57.5 Å². The summed E-state index contributed by atoms with van der Waals surface area (Å²) < 4.78 is 52.3. The minimum Gasteiger partial charge on any atom is -0.313 e. The predicted octanol–water partition coefficient (Wildman–Crippen LogP) is 4.41. The lowest BCUT2D eigenvalue weighted by molar-refractivity contribution is -0.138. The van der Waals surface area contributed by atoms with E-state index in [0.717, 1.165) is 23.1 Å². The van der Waals surface area contributed by atoms with Gasteiger partial charge in [0.05, 0.1) is 5.56 Å². The number of rotatable bonds is 4. The van der Waals surface area contributed by atoms with E-state index in [1.165, 1.54) is 11.3 Å². The maximum Gasteiger partial charge on any atom is 0.416 e. The molecule has 1 aromatic heterocycles. The zero-order valence-electron chi connectivity index (χ0n) is 10.7. The summed E-state index contributed by atoms with van der Waals surface area (Å²) in [7, 11) is 1.57. The summed E-state index contributed by atoms with van der Waals surface area (Å²) in [4.78, 5) is 0.946. The highest BCUT2D eigenvalue weighted by Gasteiger charge is 2.35. The quantitative estimate of drug-likeness (QED) is 0.825. The highest BCUT2D eigenvalue weighted by atomic mass is 32.1. The number of likely N-dealkylation sites (N-methyl/N-ethyl adjacent to an activating group) is 1. The minimum atomic E-state index is -4.49. The van der Waals surface area contributed by atoms with E-state index < -0.39 is 23.6 Å². The summed E-state index contributed by atoms with van der Waals surface area (Å²) in [5, 5.41) is 4.70. The molecule has 1 heterocycles. The Balaban J connectivity index is 2.40. The fourth-order valence-corrected chi connectivity index (χ4v) is 2.83. The summed E-state index contributed by atoms with van der Waals surface area (Å²) in [5.41, 5.74) is -0.858. The van der Waals surface area contributed by atoms with E-state index in [9.17, 15) is 17.6 Å². The van der Waals surface area contributed by atoms with Gasteiger partial charge in [-0.15, -0.1) is 11.3 Å². The number of hydrogen-bond donors (Lipinski definition) is 1. The van der Waals surface area contributed by atoms with Gasteiger partial charge < -0.3 is 5.32 Å². The van der Waals surface area contributed by atoms with Gasteiger partial charge in [-0.2, -0.15) is 13.2 Å². The Morgan fingerprint density at radius 3 is 2.55 bits per heavy atom. The highest BCUT2D eigenvalue weighted by Crippen LogP contribution is 2.36. The molecule has 108 valence electrons. The Bertz CT molecular complexity index is 563. The zero-order chi connectivity index (χ0) is 14.8. The lowest BCUT2D eigenvalue weighted by Crippen LogP contribution is -2.22. The molecule has 1 atom stereocenters. The average Bonchev–Trinajstić information content (AvgIpc) is 2.87. The van der Waals surface area contributed by atoms with E-state index in [1.807, 2.05) is 17.5 Å². The van der Waals surface area contributed by atoms with E-state index in [2.05, 4.69) is 5.32 Å². The van der Waals surface area contributed by atoms with Gasteiger partial charge in [0.2, 0.25) is 0 Å². The van der Waals surface area contributed by atoms with E-state index in [0.29, 0.717) is 6.42 Å². The standard InChI is InChI=1S/C14H13F4NS/c1-19-13(8-10-3-2-6-20-10)11-7-9(15)4-5-12(11)14(16,17)18/h2-7,13,19H,8H2,1H3. The summed E-state index contributed by atoms with van der Waals surface area (Å²) >= 11 is 1.46. The van der Waals surface area contributed by atoms with E-state index in [1.54, 1.807) is 7.05 Å². The van der Waals surface area contributed by atoms with Crippen molar-refractivity contribution in [2.24, 2.45) is 0 Å². The largest absolute Gasteiger partial charge is 0.416 e. The van der Waals surface area contributed by atoms with Crippen molar-refractivity contribution in [3.8, 4) is 0 Å². The van der Waals surface area contributed by atoms with Crippen LogP contribution in [0.25, 0.3) is 0 Å². The Kier molecular flexibility index (Phi) is 4.45. The van der Waals surface area contributed by atoms with Crippen molar-refractivity contribution in [1.82, 2.24) is 5.32 Å². The summed E-state index contributed by atoms with van der Waals surface area (Å²) in [6.07, 6.45) is -4.10. The number of benzene rings is 1. The summed E-state index contributed by atoms with van der Waals surface area (Å²) in [6, 6.07) is 5.69. The smallest absolute Gasteiger partial charge is 0.313 e. The van der Waals surface area contributed by atoms with E-state index >= 15 is 0 Å². The minimum absolute atomic E-state index is 0.0617. The molecule has 1 N–H and O–H groups in total. The maximum atomic E-state index is 13.3. The monoisotopic (exact) mass is 303 g/mol. The Morgan fingerprint density at radius 1 is 1.25 bits per heavy atom. The van der Waals surface area contributed by atoms with Crippen molar-refractivity contribution in [2.45, 2.75) is 18.6 Å². The topological polar surface area (TPSA) is 12.0 Å². The Labute approximate surface area is 118 Å². The fourth-order valence-electron chi connectivity index (χ4n) is 2.08. The normalized spacial score (nSPS) is 13.4. The van der Waals surface area contributed by atoms with Crippen LogP contribution >= 0.6 is 11.3 Å². The second-order valence-electron chi connectivity index (χ2n) is 4.35. The third-order valence-corrected chi connectivity index (χ3v) is 3.93. The second-order valence-corrected chi connectivity index (χ2v) is 5.39. The van der Waals surface area contributed by atoms with E-state index in [4.69, 9.17) is 0 Å². The average molecular weight is 303 g/mol. The molecule has 0 aliphatic heterocycles. The van der Waals surface area contributed by atoms with Gasteiger partial charge in [-0.25, -0.2) is 4.39 Å². The van der Waals surface area contributed by atoms with Gasteiger partial charge in [-0.05, 0) is 42.3 Å². The molecule has 0 saturated carbocycles. The Hall–Kier alpha value is -1.40. The molecule has 0 fully saturated rings. The molecule has 0 radical (unpaired) electrons. The van der Waals surface area contributed by atoms with Crippen LogP contribution in [-0.2, 0) is 12.6 Å². The van der Waals surface area contributed by atoms with Crippen LogP contribution in [0.2, 0.25) is 0 Å². The molecule has 20 heavy (non-hydrogen) atoms. The van der Waals surface area contributed by atoms with Crippen molar-refractivity contribution in [1.29, 1.82) is 0 Å². The summed E-state index contributed by atoms with van der Waals surface area (Å²) in [5.74, 6) is -0.667. The third-order valence-electron chi connectivity index (χ3n) is 3.03. The van der Waals surface area contributed by atoms with E-state index in [-0.39, 0.29) is 5.56 Å².